The summed E-state index contributed by atoms with van der Waals surface area (Å²) in [5, 5.41) is 3.26. The molecule has 1 fully saturated rings. The minimum absolute atomic E-state index is 0.235. The van der Waals surface area contributed by atoms with Crippen LogP contribution in [0, 0.1) is 5.92 Å². The van der Waals surface area contributed by atoms with E-state index in [4.69, 9.17) is 0 Å². The maximum absolute atomic E-state index is 11.5. The zero-order chi connectivity index (χ0) is 9.68. The number of nitrogens with one attached hydrogen (secondary N) is 1. The lowest BCUT2D eigenvalue weighted by Gasteiger charge is -2.27. The van der Waals surface area contributed by atoms with Gasteiger partial charge in [-0.1, -0.05) is 13.0 Å². The maximum Gasteiger partial charge on any atom is 0.224 e. The van der Waals surface area contributed by atoms with Crippen LogP contribution in [0.25, 0.3) is 0 Å². The predicted molar refractivity (Wildman–Crippen MR) is 53.4 cm³/mol. The van der Waals surface area contributed by atoms with Crippen molar-refractivity contribution in [1.82, 2.24) is 10.2 Å². The average molecular weight is 182 g/mol. The van der Waals surface area contributed by atoms with Gasteiger partial charge in [-0.2, -0.15) is 0 Å². The van der Waals surface area contributed by atoms with E-state index in [0.717, 1.165) is 19.6 Å². The summed E-state index contributed by atoms with van der Waals surface area (Å²) < 4.78 is 0. The van der Waals surface area contributed by atoms with Gasteiger partial charge in [-0.3, -0.25) is 4.79 Å². The Morgan fingerprint density at radius 1 is 1.77 bits per heavy atom. The molecule has 0 aromatic heterocycles. The molecule has 3 nitrogen and oxygen atoms in total. The summed E-state index contributed by atoms with van der Waals surface area (Å²) in [4.78, 5) is 13.4. The van der Waals surface area contributed by atoms with Crippen molar-refractivity contribution in [1.29, 1.82) is 0 Å². The summed E-state index contributed by atoms with van der Waals surface area (Å²) in [7, 11) is 0. The third-order valence-corrected chi connectivity index (χ3v) is 2.24. The van der Waals surface area contributed by atoms with Gasteiger partial charge in [0.2, 0.25) is 5.91 Å². The van der Waals surface area contributed by atoms with Crippen LogP contribution in [0.5, 0.6) is 0 Å². The van der Waals surface area contributed by atoms with Gasteiger partial charge in [0.25, 0.3) is 0 Å². The number of carbonyl (C=O) groups excluding carboxylic acids is 1. The van der Waals surface area contributed by atoms with Crippen molar-refractivity contribution in [3.05, 3.63) is 12.7 Å². The number of amides is 1. The second-order valence-corrected chi connectivity index (χ2v) is 3.65. The fourth-order valence-corrected chi connectivity index (χ4v) is 1.58. The molecule has 0 radical (unpaired) electrons. The normalized spacial score (nSPS) is 25.2. The van der Waals surface area contributed by atoms with Crippen molar-refractivity contribution in [3.8, 4) is 0 Å². The van der Waals surface area contributed by atoms with E-state index in [9.17, 15) is 4.79 Å². The SMILES string of the molecule is C=CCN1CC(C)CNCCC1=O. The topological polar surface area (TPSA) is 32.3 Å². The summed E-state index contributed by atoms with van der Waals surface area (Å²) in [6.07, 6.45) is 2.40. The number of hydrogen-bond donors (Lipinski definition) is 1. The van der Waals surface area contributed by atoms with Gasteiger partial charge in [-0.25, -0.2) is 0 Å². The molecule has 0 aromatic rings. The van der Waals surface area contributed by atoms with Gasteiger partial charge in [0.05, 0.1) is 0 Å². The summed E-state index contributed by atoms with van der Waals surface area (Å²) >= 11 is 0. The highest BCUT2D eigenvalue weighted by Gasteiger charge is 2.17. The van der Waals surface area contributed by atoms with Crippen LogP contribution in [0.15, 0.2) is 12.7 Å². The van der Waals surface area contributed by atoms with Crippen molar-refractivity contribution < 1.29 is 4.79 Å². The molecule has 1 aliphatic heterocycles. The molecule has 1 rings (SSSR count). The number of carbonyl (C=O) groups is 1. The van der Waals surface area contributed by atoms with E-state index in [1.165, 1.54) is 0 Å². The molecular formula is C10H18N2O. The zero-order valence-electron chi connectivity index (χ0n) is 8.25. The fourth-order valence-electron chi connectivity index (χ4n) is 1.58. The Balaban J connectivity index is 2.53. The van der Waals surface area contributed by atoms with Gasteiger partial charge in [0, 0.05) is 26.1 Å². The summed E-state index contributed by atoms with van der Waals surface area (Å²) in [6.45, 7) is 9.15. The minimum atomic E-state index is 0.235. The Morgan fingerprint density at radius 2 is 2.54 bits per heavy atom. The van der Waals surface area contributed by atoms with Gasteiger partial charge >= 0.3 is 0 Å². The molecule has 1 amide bonds. The number of rotatable bonds is 2. The highest BCUT2D eigenvalue weighted by molar-refractivity contribution is 5.76. The second-order valence-electron chi connectivity index (χ2n) is 3.65. The zero-order valence-corrected chi connectivity index (χ0v) is 8.25. The summed E-state index contributed by atoms with van der Waals surface area (Å²) in [5.74, 6) is 0.767. The number of nitrogens with zero attached hydrogens (tertiary/aromatic N) is 1. The average Bonchev–Trinajstić information content (AvgIpc) is 2.09. The Hall–Kier alpha value is -0.830. The lowest BCUT2D eigenvalue weighted by Crippen LogP contribution is -2.42. The quantitative estimate of drug-likeness (QED) is 0.635. The Bertz CT molecular complexity index is 191. The molecular weight excluding hydrogens is 164 g/mol. The van der Waals surface area contributed by atoms with Gasteiger partial charge in [-0.15, -0.1) is 6.58 Å². The molecule has 13 heavy (non-hydrogen) atoms. The van der Waals surface area contributed by atoms with Crippen LogP contribution in [-0.4, -0.2) is 37.0 Å². The monoisotopic (exact) mass is 182 g/mol. The Kier molecular flexibility index (Phi) is 3.96. The molecule has 0 aliphatic carbocycles. The van der Waals surface area contributed by atoms with E-state index < -0.39 is 0 Å². The highest BCUT2D eigenvalue weighted by atomic mass is 16.2. The third kappa shape index (κ3) is 3.19. The van der Waals surface area contributed by atoms with Crippen molar-refractivity contribution >= 4 is 5.91 Å². The summed E-state index contributed by atoms with van der Waals surface area (Å²) in [6, 6.07) is 0. The molecule has 74 valence electrons. The largest absolute Gasteiger partial charge is 0.339 e. The van der Waals surface area contributed by atoms with Crippen LogP contribution in [-0.2, 0) is 4.79 Å². The smallest absolute Gasteiger partial charge is 0.224 e. The van der Waals surface area contributed by atoms with Crippen LogP contribution in [0.3, 0.4) is 0 Å². The van der Waals surface area contributed by atoms with E-state index >= 15 is 0 Å². The van der Waals surface area contributed by atoms with Crippen molar-refractivity contribution in [2.75, 3.05) is 26.2 Å². The van der Waals surface area contributed by atoms with Crippen molar-refractivity contribution in [2.24, 2.45) is 5.92 Å². The van der Waals surface area contributed by atoms with Crippen LogP contribution in [0.2, 0.25) is 0 Å². The predicted octanol–water partition coefficient (Wildman–Crippen LogP) is 0.630. The molecule has 1 aliphatic rings. The molecule has 0 saturated carbocycles. The minimum Gasteiger partial charge on any atom is -0.339 e. The summed E-state index contributed by atoms with van der Waals surface area (Å²) in [5.41, 5.74) is 0. The van der Waals surface area contributed by atoms with Crippen molar-refractivity contribution in [3.63, 3.8) is 0 Å². The van der Waals surface area contributed by atoms with Crippen molar-refractivity contribution in [2.45, 2.75) is 13.3 Å². The molecule has 1 saturated heterocycles. The van der Waals surface area contributed by atoms with Crippen LogP contribution in [0.4, 0.5) is 0 Å². The Morgan fingerprint density at radius 3 is 3.23 bits per heavy atom. The van der Waals surface area contributed by atoms with Gasteiger partial charge in [0.15, 0.2) is 0 Å². The first kappa shape index (κ1) is 10.3. The van der Waals surface area contributed by atoms with E-state index in [0.29, 0.717) is 18.9 Å². The van der Waals surface area contributed by atoms with Crippen LogP contribution in [0.1, 0.15) is 13.3 Å². The fraction of sp³-hybridized carbons (Fsp3) is 0.700. The molecule has 1 heterocycles. The van der Waals surface area contributed by atoms with E-state index in [2.05, 4.69) is 18.8 Å². The molecule has 1 atom stereocenters. The molecule has 3 heteroatoms. The second kappa shape index (κ2) is 5.02. The Labute approximate surface area is 79.8 Å². The van der Waals surface area contributed by atoms with Gasteiger partial charge in [0.1, 0.15) is 0 Å². The molecule has 0 spiro atoms. The van der Waals surface area contributed by atoms with Gasteiger partial charge < -0.3 is 10.2 Å². The lowest BCUT2D eigenvalue weighted by atomic mass is 10.1. The first-order valence-corrected chi connectivity index (χ1v) is 4.83. The number of hydrogen-bond acceptors (Lipinski definition) is 2. The standard InChI is InChI=1S/C10H18N2O/c1-3-6-12-8-9(2)7-11-5-4-10(12)13/h3,9,11H,1,4-8H2,2H3. The van der Waals surface area contributed by atoms with E-state index in [1.807, 2.05) is 4.90 Å². The first-order chi connectivity index (χ1) is 6.24. The van der Waals surface area contributed by atoms with Gasteiger partial charge in [-0.05, 0) is 12.5 Å². The molecule has 1 N–H and O–H groups in total. The third-order valence-electron chi connectivity index (χ3n) is 2.24. The molecule has 0 bridgehead atoms. The highest BCUT2D eigenvalue weighted by Crippen LogP contribution is 2.04. The van der Waals surface area contributed by atoms with Crippen LogP contribution >= 0.6 is 0 Å². The van der Waals surface area contributed by atoms with E-state index in [-0.39, 0.29) is 5.91 Å². The first-order valence-electron chi connectivity index (χ1n) is 4.83. The lowest BCUT2D eigenvalue weighted by molar-refractivity contribution is -0.131. The molecule has 1 unspecified atom stereocenters. The maximum atomic E-state index is 11.5. The molecule has 0 aromatic carbocycles. The van der Waals surface area contributed by atoms with E-state index in [1.54, 1.807) is 6.08 Å². The van der Waals surface area contributed by atoms with Crippen LogP contribution < -0.4 is 5.32 Å².